The van der Waals surface area contributed by atoms with Gasteiger partial charge in [-0.15, -0.1) is 0 Å². The second-order valence-electron chi connectivity index (χ2n) is 1.59. The van der Waals surface area contributed by atoms with E-state index < -0.39 is 11.0 Å². The summed E-state index contributed by atoms with van der Waals surface area (Å²) in [5.74, 6) is -0.0752. The Kier molecular flexibility index (Phi) is 1.31. The third-order valence-corrected chi connectivity index (χ3v) is 1.82. The predicted molar refractivity (Wildman–Crippen MR) is 28.9 cm³/mol. The van der Waals surface area contributed by atoms with Crippen molar-refractivity contribution in [2.24, 2.45) is 5.14 Å². The fraction of sp³-hybridized carbons (Fsp3) is 0.667. The lowest BCUT2D eigenvalue weighted by Crippen LogP contribution is -2.52. The number of amides is 1. The standard InChI is InChI=1S/C3H6N2O2S/c4-8(7)3-1-2(6)5-3/h3H,1,4H2,(H,5,6). The van der Waals surface area contributed by atoms with E-state index in [2.05, 4.69) is 5.32 Å². The molecule has 1 saturated heterocycles. The van der Waals surface area contributed by atoms with Gasteiger partial charge >= 0.3 is 0 Å². The highest BCUT2D eigenvalue weighted by Gasteiger charge is 2.28. The van der Waals surface area contributed by atoms with Crippen LogP contribution >= 0.6 is 0 Å². The van der Waals surface area contributed by atoms with Crippen LogP contribution in [0.3, 0.4) is 0 Å². The summed E-state index contributed by atoms with van der Waals surface area (Å²) >= 11 is 0. The van der Waals surface area contributed by atoms with Crippen molar-refractivity contribution in [3.05, 3.63) is 0 Å². The number of hydrogen-bond acceptors (Lipinski definition) is 2. The third-order valence-electron chi connectivity index (χ3n) is 0.973. The van der Waals surface area contributed by atoms with Crippen molar-refractivity contribution in [2.45, 2.75) is 11.8 Å². The highest BCUT2D eigenvalue weighted by molar-refractivity contribution is 7.83. The van der Waals surface area contributed by atoms with E-state index in [-0.39, 0.29) is 11.3 Å². The van der Waals surface area contributed by atoms with E-state index in [1.807, 2.05) is 0 Å². The SMILES string of the molecule is NS(=O)C1CC(=O)N1. The predicted octanol–water partition coefficient (Wildman–Crippen LogP) is -1.55. The van der Waals surface area contributed by atoms with Gasteiger partial charge in [0.25, 0.3) is 0 Å². The van der Waals surface area contributed by atoms with Crippen LogP contribution in [0.25, 0.3) is 0 Å². The summed E-state index contributed by atoms with van der Waals surface area (Å²) in [7, 11) is -1.38. The summed E-state index contributed by atoms with van der Waals surface area (Å²) in [6.07, 6.45) is 0.309. The molecule has 1 aliphatic heterocycles. The normalized spacial score (nSPS) is 30.6. The molecule has 4 nitrogen and oxygen atoms in total. The minimum Gasteiger partial charge on any atom is -0.340 e. The van der Waals surface area contributed by atoms with Crippen LogP contribution in [0.15, 0.2) is 0 Å². The zero-order valence-electron chi connectivity index (χ0n) is 4.09. The number of nitrogens with one attached hydrogen (secondary N) is 1. The molecule has 0 aliphatic carbocycles. The van der Waals surface area contributed by atoms with Crippen molar-refractivity contribution in [1.29, 1.82) is 0 Å². The molecular weight excluding hydrogens is 128 g/mol. The van der Waals surface area contributed by atoms with Crippen LogP contribution in [0.1, 0.15) is 6.42 Å². The molecule has 0 aromatic heterocycles. The van der Waals surface area contributed by atoms with Crippen molar-refractivity contribution < 1.29 is 9.00 Å². The first-order chi connectivity index (χ1) is 3.70. The fourth-order valence-electron chi connectivity index (χ4n) is 0.467. The lowest BCUT2D eigenvalue weighted by molar-refractivity contribution is -0.126. The van der Waals surface area contributed by atoms with E-state index in [1.54, 1.807) is 0 Å². The van der Waals surface area contributed by atoms with Crippen LogP contribution in [0.2, 0.25) is 0 Å². The zero-order chi connectivity index (χ0) is 6.15. The summed E-state index contributed by atoms with van der Waals surface area (Å²) in [6, 6.07) is 0. The van der Waals surface area contributed by atoms with Crippen LogP contribution in [-0.2, 0) is 15.8 Å². The van der Waals surface area contributed by atoms with Crippen molar-refractivity contribution in [2.75, 3.05) is 0 Å². The van der Waals surface area contributed by atoms with Crippen molar-refractivity contribution in [1.82, 2.24) is 5.32 Å². The molecule has 0 aromatic carbocycles. The Labute approximate surface area is 49.0 Å². The van der Waals surface area contributed by atoms with Gasteiger partial charge in [-0.05, 0) is 0 Å². The van der Waals surface area contributed by atoms with Gasteiger partial charge < -0.3 is 5.32 Å². The number of nitrogens with two attached hydrogens (primary N) is 1. The largest absolute Gasteiger partial charge is 0.340 e. The van der Waals surface area contributed by atoms with Crippen LogP contribution < -0.4 is 10.5 Å². The van der Waals surface area contributed by atoms with Crippen LogP contribution in [0.4, 0.5) is 0 Å². The summed E-state index contributed by atoms with van der Waals surface area (Å²) in [6.45, 7) is 0. The average Bonchev–Trinajstić information content (AvgIpc) is 1.57. The summed E-state index contributed by atoms with van der Waals surface area (Å²) in [5, 5.41) is 7.01. The van der Waals surface area contributed by atoms with Gasteiger partial charge in [0, 0.05) is 0 Å². The molecule has 5 heteroatoms. The van der Waals surface area contributed by atoms with E-state index in [0.717, 1.165) is 0 Å². The van der Waals surface area contributed by atoms with Crippen LogP contribution in [0.5, 0.6) is 0 Å². The Balaban J connectivity index is 2.35. The van der Waals surface area contributed by atoms with Gasteiger partial charge in [0.2, 0.25) is 5.91 Å². The summed E-state index contributed by atoms with van der Waals surface area (Å²) in [4.78, 5) is 10.1. The highest BCUT2D eigenvalue weighted by Crippen LogP contribution is 2.04. The monoisotopic (exact) mass is 134 g/mol. The van der Waals surface area contributed by atoms with E-state index in [0.29, 0.717) is 6.42 Å². The molecule has 1 rings (SSSR count). The maximum Gasteiger partial charge on any atom is 0.224 e. The quantitative estimate of drug-likeness (QED) is 0.426. The van der Waals surface area contributed by atoms with Crippen molar-refractivity contribution >= 4 is 16.9 Å². The smallest absolute Gasteiger partial charge is 0.224 e. The summed E-state index contributed by atoms with van der Waals surface area (Å²) in [5.41, 5.74) is 0. The van der Waals surface area contributed by atoms with Gasteiger partial charge in [-0.1, -0.05) is 0 Å². The Bertz CT molecular complexity index is 138. The lowest BCUT2D eigenvalue weighted by atomic mass is 10.3. The van der Waals surface area contributed by atoms with Gasteiger partial charge in [0.1, 0.15) is 16.4 Å². The molecule has 0 bridgehead atoms. The molecule has 0 saturated carbocycles. The van der Waals surface area contributed by atoms with Gasteiger partial charge in [-0.25, -0.2) is 9.35 Å². The van der Waals surface area contributed by atoms with Gasteiger partial charge in [-0.2, -0.15) is 0 Å². The molecule has 0 spiro atoms. The number of carbonyl (C=O) groups excluding carboxylic acids is 1. The van der Waals surface area contributed by atoms with E-state index in [1.165, 1.54) is 0 Å². The average molecular weight is 134 g/mol. The molecule has 1 amide bonds. The molecule has 3 N–H and O–H groups in total. The Morgan fingerprint density at radius 3 is 2.50 bits per heavy atom. The Morgan fingerprint density at radius 1 is 1.88 bits per heavy atom. The fourth-order valence-corrected chi connectivity index (χ4v) is 1.03. The molecule has 2 unspecified atom stereocenters. The molecule has 2 atom stereocenters. The van der Waals surface area contributed by atoms with Gasteiger partial charge in [-0.3, -0.25) is 4.79 Å². The number of carbonyl (C=O) groups is 1. The van der Waals surface area contributed by atoms with Crippen molar-refractivity contribution in [3.8, 4) is 0 Å². The third kappa shape index (κ3) is 0.873. The first-order valence-corrected chi connectivity index (χ1v) is 3.42. The van der Waals surface area contributed by atoms with Gasteiger partial charge in [0.15, 0.2) is 0 Å². The zero-order valence-corrected chi connectivity index (χ0v) is 4.90. The topological polar surface area (TPSA) is 72.2 Å². The second kappa shape index (κ2) is 1.83. The molecule has 0 aromatic rings. The molecule has 1 fully saturated rings. The first kappa shape index (κ1) is 5.71. The first-order valence-electron chi connectivity index (χ1n) is 2.14. The number of rotatable bonds is 1. The summed E-state index contributed by atoms with van der Waals surface area (Å²) < 4.78 is 10.2. The van der Waals surface area contributed by atoms with E-state index >= 15 is 0 Å². The van der Waals surface area contributed by atoms with Crippen molar-refractivity contribution in [3.63, 3.8) is 0 Å². The maximum absolute atomic E-state index is 10.2. The number of β-lactam (4-membered cyclic amide) rings is 1. The van der Waals surface area contributed by atoms with Crippen LogP contribution in [-0.4, -0.2) is 15.5 Å². The molecular formula is C3H6N2O2S. The van der Waals surface area contributed by atoms with Crippen LogP contribution in [0, 0.1) is 0 Å². The highest BCUT2D eigenvalue weighted by atomic mass is 32.2. The lowest BCUT2D eigenvalue weighted by Gasteiger charge is -2.23. The maximum atomic E-state index is 10.2. The Hall–Kier alpha value is -0.420. The minimum absolute atomic E-state index is 0.0752. The van der Waals surface area contributed by atoms with E-state index in [9.17, 15) is 9.00 Å². The molecule has 1 aliphatic rings. The molecule has 8 heavy (non-hydrogen) atoms. The van der Waals surface area contributed by atoms with Gasteiger partial charge in [0.05, 0.1) is 6.42 Å². The molecule has 0 radical (unpaired) electrons. The number of hydrogen-bond donors (Lipinski definition) is 2. The molecule has 1 heterocycles. The minimum atomic E-state index is -1.38. The molecule has 46 valence electrons. The Morgan fingerprint density at radius 2 is 2.38 bits per heavy atom. The van der Waals surface area contributed by atoms with E-state index in [4.69, 9.17) is 5.14 Å². The second-order valence-corrected chi connectivity index (χ2v) is 2.81.